The van der Waals surface area contributed by atoms with E-state index >= 15 is 0 Å². The molecule has 6 heteroatoms. The standard InChI is InChI=1S/C19H28N2O4/c1-16-4-2-3-5-17(16)25-15-19(23)7-9-21(14-19)18(22)6-8-20-10-12-24-13-11-20/h2-5,23H,6-15H2,1H3. The molecule has 2 aliphatic heterocycles. The molecule has 2 fully saturated rings. The molecule has 2 saturated heterocycles. The summed E-state index contributed by atoms with van der Waals surface area (Å²) in [4.78, 5) is 16.4. The molecular weight excluding hydrogens is 320 g/mol. The summed E-state index contributed by atoms with van der Waals surface area (Å²) >= 11 is 0. The van der Waals surface area contributed by atoms with Crippen LogP contribution in [0.15, 0.2) is 24.3 Å². The smallest absolute Gasteiger partial charge is 0.223 e. The third-order valence-electron chi connectivity index (χ3n) is 5.02. The molecule has 0 aromatic heterocycles. The highest BCUT2D eigenvalue weighted by atomic mass is 16.5. The molecule has 138 valence electrons. The molecule has 1 atom stereocenters. The van der Waals surface area contributed by atoms with Crippen molar-refractivity contribution in [2.24, 2.45) is 0 Å². The number of benzene rings is 1. The minimum absolute atomic E-state index is 0.110. The zero-order chi connectivity index (χ0) is 17.7. The summed E-state index contributed by atoms with van der Waals surface area (Å²) in [5.41, 5.74) is 0.0826. The molecule has 0 aliphatic carbocycles. The second-order valence-electron chi connectivity index (χ2n) is 7.05. The van der Waals surface area contributed by atoms with Crippen LogP contribution >= 0.6 is 0 Å². The normalized spacial score (nSPS) is 24.5. The fourth-order valence-electron chi connectivity index (χ4n) is 3.35. The lowest BCUT2D eigenvalue weighted by atomic mass is 10.1. The van der Waals surface area contributed by atoms with E-state index in [1.54, 1.807) is 4.90 Å². The maximum atomic E-state index is 12.4. The molecule has 0 bridgehead atoms. The van der Waals surface area contributed by atoms with E-state index in [0.29, 0.717) is 25.9 Å². The summed E-state index contributed by atoms with van der Waals surface area (Å²) in [6, 6.07) is 7.76. The quantitative estimate of drug-likeness (QED) is 0.833. The van der Waals surface area contributed by atoms with Crippen LogP contribution in [0.5, 0.6) is 5.75 Å². The highest BCUT2D eigenvalue weighted by molar-refractivity contribution is 5.76. The first kappa shape index (κ1) is 18.2. The Hall–Kier alpha value is -1.63. The Kier molecular flexibility index (Phi) is 5.93. The molecule has 2 heterocycles. The predicted molar refractivity (Wildman–Crippen MR) is 94.7 cm³/mol. The topological polar surface area (TPSA) is 62.2 Å². The van der Waals surface area contributed by atoms with Gasteiger partial charge in [-0.05, 0) is 25.0 Å². The Morgan fingerprint density at radius 2 is 2.04 bits per heavy atom. The van der Waals surface area contributed by atoms with Gasteiger partial charge in [0.1, 0.15) is 18.0 Å². The lowest BCUT2D eigenvalue weighted by molar-refractivity contribution is -0.132. The van der Waals surface area contributed by atoms with Gasteiger partial charge in [0.15, 0.2) is 0 Å². The number of β-amino-alcohol motifs (C(OH)–C–C–N with tert-alkyl or cyclic N) is 1. The SMILES string of the molecule is Cc1ccccc1OCC1(O)CCN(C(=O)CCN2CCOCC2)C1. The van der Waals surface area contributed by atoms with E-state index in [1.165, 1.54) is 0 Å². The van der Waals surface area contributed by atoms with Crippen molar-refractivity contribution in [1.82, 2.24) is 9.80 Å². The number of amides is 1. The number of ether oxygens (including phenoxy) is 2. The summed E-state index contributed by atoms with van der Waals surface area (Å²) < 4.78 is 11.1. The van der Waals surface area contributed by atoms with E-state index in [9.17, 15) is 9.90 Å². The number of hydrogen-bond donors (Lipinski definition) is 1. The molecule has 0 saturated carbocycles. The molecule has 1 N–H and O–H groups in total. The number of morpholine rings is 1. The number of nitrogens with zero attached hydrogens (tertiary/aromatic N) is 2. The summed E-state index contributed by atoms with van der Waals surface area (Å²) in [5.74, 6) is 0.895. The van der Waals surface area contributed by atoms with E-state index in [4.69, 9.17) is 9.47 Å². The second kappa shape index (κ2) is 8.17. The van der Waals surface area contributed by atoms with Crippen molar-refractivity contribution in [3.8, 4) is 5.75 Å². The van der Waals surface area contributed by atoms with Crippen LogP contribution in [0.4, 0.5) is 0 Å². The van der Waals surface area contributed by atoms with Crippen molar-refractivity contribution >= 4 is 5.91 Å². The highest BCUT2D eigenvalue weighted by Crippen LogP contribution is 2.25. The molecule has 25 heavy (non-hydrogen) atoms. The third-order valence-corrected chi connectivity index (χ3v) is 5.02. The largest absolute Gasteiger partial charge is 0.490 e. The molecular formula is C19H28N2O4. The van der Waals surface area contributed by atoms with E-state index in [0.717, 1.165) is 44.2 Å². The fourth-order valence-corrected chi connectivity index (χ4v) is 3.35. The Balaban J connectivity index is 1.45. The number of aryl methyl sites for hydroxylation is 1. The van der Waals surface area contributed by atoms with Gasteiger partial charge in [-0.15, -0.1) is 0 Å². The van der Waals surface area contributed by atoms with Crippen LogP contribution in [0.1, 0.15) is 18.4 Å². The molecule has 3 rings (SSSR count). The summed E-state index contributed by atoms with van der Waals surface area (Å²) in [6.45, 7) is 7.17. The molecule has 0 spiro atoms. The van der Waals surface area contributed by atoms with Crippen LogP contribution in [-0.4, -0.2) is 79.0 Å². The van der Waals surface area contributed by atoms with Gasteiger partial charge >= 0.3 is 0 Å². The molecule has 1 aromatic carbocycles. The number of carbonyl (C=O) groups is 1. The first-order valence-electron chi connectivity index (χ1n) is 9.04. The van der Waals surface area contributed by atoms with Gasteiger partial charge in [0.2, 0.25) is 5.91 Å². The lowest BCUT2D eigenvalue weighted by Crippen LogP contribution is -2.42. The van der Waals surface area contributed by atoms with Crippen LogP contribution in [0.25, 0.3) is 0 Å². The van der Waals surface area contributed by atoms with Gasteiger partial charge in [-0.25, -0.2) is 0 Å². The average Bonchev–Trinajstić information content (AvgIpc) is 3.03. The van der Waals surface area contributed by atoms with Gasteiger partial charge in [-0.1, -0.05) is 18.2 Å². The number of likely N-dealkylation sites (tertiary alicyclic amines) is 1. The maximum absolute atomic E-state index is 12.4. The highest BCUT2D eigenvalue weighted by Gasteiger charge is 2.39. The van der Waals surface area contributed by atoms with Crippen LogP contribution in [0, 0.1) is 6.92 Å². The van der Waals surface area contributed by atoms with Crippen molar-refractivity contribution in [3.63, 3.8) is 0 Å². The average molecular weight is 348 g/mol. The number of rotatable bonds is 6. The second-order valence-corrected chi connectivity index (χ2v) is 7.05. The molecule has 1 unspecified atom stereocenters. The number of hydrogen-bond acceptors (Lipinski definition) is 5. The molecule has 1 amide bonds. The van der Waals surface area contributed by atoms with Crippen LogP contribution in [0.3, 0.4) is 0 Å². The van der Waals surface area contributed by atoms with Crippen molar-refractivity contribution in [3.05, 3.63) is 29.8 Å². The summed E-state index contributed by atoms with van der Waals surface area (Å²) in [7, 11) is 0. The molecule has 0 radical (unpaired) electrons. The van der Waals surface area contributed by atoms with Crippen molar-refractivity contribution in [1.29, 1.82) is 0 Å². The third kappa shape index (κ3) is 4.93. The Morgan fingerprint density at radius 3 is 2.80 bits per heavy atom. The van der Waals surface area contributed by atoms with Crippen LogP contribution in [-0.2, 0) is 9.53 Å². The van der Waals surface area contributed by atoms with Gasteiger partial charge in [0.25, 0.3) is 0 Å². The Bertz CT molecular complexity index is 589. The zero-order valence-electron chi connectivity index (χ0n) is 14.9. The monoisotopic (exact) mass is 348 g/mol. The van der Waals surface area contributed by atoms with E-state index in [-0.39, 0.29) is 12.5 Å². The number of carbonyl (C=O) groups excluding carboxylic acids is 1. The number of aliphatic hydroxyl groups is 1. The number of para-hydroxylation sites is 1. The van der Waals surface area contributed by atoms with Gasteiger partial charge in [-0.3, -0.25) is 9.69 Å². The van der Waals surface area contributed by atoms with Crippen LogP contribution < -0.4 is 4.74 Å². The van der Waals surface area contributed by atoms with Crippen molar-refractivity contribution in [2.45, 2.75) is 25.4 Å². The Labute approximate surface area is 149 Å². The fraction of sp³-hybridized carbons (Fsp3) is 0.632. The summed E-state index contributed by atoms with van der Waals surface area (Å²) in [5, 5.41) is 10.7. The van der Waals surface area contributed by atoms with Crippen molar-refractivity contribution in [2.75, 3.05) is 52.5 Å². The van der Waals surface area contributed by atoms with Gasteiger partial charge in [0.05, 0.1) is 19.8 Å². The van der Waals surface area contributed by atoms with Crippen molar-refractivity contribution < 1.29 is 19.4 Å². The maximum Gasteiger partial charge on any atom is 0.223 e. The Morgan fingerprint density at radius 1 is 1.28 bits per heavy atom. The van der Waals surface area contributed by atoms with Gasteiger partial charge in [-0.2, -0.15) is 0 Å². The first-order valence-corrected chi connectivity index (χ1v) is 9.04. The van der Waals surface area contributed by atoms with Crippen LogP contribution in [0.2, 0.25) is 0 Å². The molecule has 2 aliphatic rings. The zero-order valence-corrected chi connectivity index (χ0v) is 14.9. The molecule has 6 nitrogen and oxygen atoms in total. The van der Waals surface area contributed by atoms with E-state index in [1.807, 2.05) is 31.2 Å². The minimum atomic E-state index is -0.961. The summed E-state index contributed by atoms with van der Waals surface area (Å²) in [6.07, 6.45) is 1.05. The lowest BCUT2D eigenvalue weighted by Gasteiger charge is -2.27. The van der Waals surface area contributed by atoms with Gasteiger partial charge in [0, 0.05) is 32.6 Å². The molecule has 1 aromatic rings. The van der Waals surface area contributed by atoms with Gasteiger partial charge < -0.3 is 19.5 Å². The predicted octanol–water partition coefficient (Wildman–Crippen LogP) is 1.06. The van der Waals surface area contributed by atoms with E-state index in [2.05, 4.69) is 4.90 Å². The minimum Gasteiger partial charge on any atom is -0.490 e. The van der Waals surface area contributed by atoms with E-state index < -0.39 is 5.60 Å². The first-order chi connectivity index (χ1) is 12.1.